The molecule has 2 aromatic heterocycles. The molecule has 19 heavy (non-hydrogen) atoms. The topological polar surface area (TPSA) is 42.1 Å². The smallest absolute Gasteiger partial charge is 0.133 e. The van der Waals surface area contributed by atoms with Crippen LogP contribution in [-0.2, 0) is 6.54 Å². The highest BCUT2D eigenvalue weighted by Gasteiger charge is 2.18. The van der Waals surface area contributed by atoms with Crippen LogP contribution in [0.5, 0.6) is 0 Å². The average molecular weight is 275 g/mol. The fourth-order valence-electron chi connectivity index (χ4n) is 2.29. The molecule has 0 aromatic carbocycles. The van der Waals surface area contributed by atoms with Crippen LogP contribution in [-0.4, -0.2) is 12.0 Å². The van der Waals surface area contributed by atoms with Gasteiger partial charge in [0.2, 0.25) is 0 Å². The van der Waals surface area contributed by atoms with Gasteiger partial charge in [-0.15, -0.1) is 11.3 Å². The van der Waals surface area contributed by atoms with E-state index in [0.717, 1.165) is 17.1 Å². The van der Waals surface area contributed by atoms with Crippen molar-refractivity contribution in [1.82, 2.24) is 4.98 Å². The van der Waals surface area contributed by atoms with Gasteiger partial charge in [-0.25, -0.2) is 4.98 Å². The molecule has 2 heterocycles. The summed E-state index contributed by atoms with van der Waals surface area (Å²) in [7, 11) is 2.09. The molecule has 0 amide bonds. The fourth-order valence-corrected chi connectivity index (χ4v) is 3.12. The maximum atomic E-state index is 5.89. The molecular formula is C15H21N3S. The highest BCUT2D eigenvalue weighted by molar-refractivity contribution is 7.10. The maximum absolute atomic E-state index is 5.89. The van der Waals surface area contributed by atoms with Gasteiger partial charge in [-0.05, 0) is 43.8 Å². The number of aromatic nitrogens is 1. The summed E-state index contributed by atoms with van der Waals surface area (Å²) in [5.41, 5.74) is 9.28. The van der Waals surface area contributed by atoms with Crippen LogP contribution in [0.3, 0.4) is 0 Å². The average Bonchev–Trinajstić information content (AvgIpc) is 2.90. The Morgan fingerprint density at radius 3 is 2.74 bits per heavy atom. The first-order valence-corrected chi connectivity index (χ1v) is 7.36. The molecule has 0 aliphatic heterocycles. The van der Waals surface area contributed by atoms with Crippen LogP contribution >= 0.6 is 11.3 Å². The summed E-state index contributed by atoms with van der Waals surface area (Å²) in [4.78, 5) is 8.24. The molecule has 0 spiro atoms. The molecule has 1 atom stereocenters. The SMILES string of the molecule is Cc1cc(C)c(CN)c(N(C)C(C)c2cccs2)n1. The lowest BCUT2D eigenvalue weighted by Crippen LogP contribution is -2.24. The van der Waals surface area contributed by atoms with E-state index < -0.39 is 0 Å². The number of thiophene rings is 1. The van der Waals surface area contributed by atoms with Gasteiger partial charge >= 0.3 is 0 Å². The lowest BCUT2D eigenvalue weighted by Gasteiger charge is -2.28. The van der Waals surface area contributed by atoms with E-state index in [-0.39, 0.29) is 0 Å². The lowest BCUT2D eigenvalue weighted by molar-refractivity contribution is 0.732. The van der Waals surface area contributed by atoms with Crippen LogP contribution in [0, 0.1) is 13.8 Å². The van der Waals surface area contributed by atoms with Crippen LogP contribution in [0.15, 0.2) is 23.6 Å². The van der Waals surface area contributed by atoms with E-state index in [1.165, 1.54) is 10.4 Å². The molecule has 0 radical (unpaired) electrons. The number of rotatable bonds is 4. The van der Waals surface area contributed by atoms with Crippen molar-refractivity contribution >= 4 is 17.2 Å². The Balaban J connectivity index is 2.40. The van der Waals surface area contributed by atoms with E-state index in [1.54, 1.807) is 11.3 Å². The van der Waals surface area contributed by atoms with E-state index in [4.69, 9.17) is 5.73 Å². The highest BCUT2D eigenvalue weighted by atomic mass is 32.1. The molecule has 0 aliphatic carbocycles. The first-order valence-electron chi connectivity index (χ1n) is 6.48. The summed E-state index contributed by atoms with van der Waals surface area (Å²) in [6.45, 7) is 6.85. The third-order valence-electron chi connectivity index (χ3n) is 3.53. The van der Waals surface area contributed by atoms with Gasteiger partial charge in [-0.3, -0.25) is 0 Å². The Morgan fingerprint density at radius 1 is 1.42 bits per heavy atom. The highest BCUT2D eigenvalue weighted by Crippen LogP contribution is 2.30. The minimum Gasteiger partial charge on any atom is -0.352 e. The van der Waals surface area contributed by atoms with E-state index in [2.05, 4.69) is 54.4 Å². The summed E-state index contributed by atoms with van der Waals surface area (Å²) >= 11 is 1.78. The van der Waals surface area contributed by atoms with Crippen LogP contribution in [0.4, 0.5) is 5.82 Å². The first kappa shape index (κ1) is 14.0. The molecule has 0 saturated carbocycles. The van der Waals surface area contributed by atoms with Gasteiger partial charge in [0.15, 0.2) is 0 Å². The number of nitrogens with two attached hydrogens (primary N) is 1. The Labute approximate surface area is 119 Å². The van der Waals surface area contributed by atoms with Gasteiger partial charge in [-0.2, -0.15) is 0 Å². The molecule has 0 aliphatic rings. The molecule has 1 unspecified atom stereocenters. The van der Waals surface area contributed by atoms with Crippen LogP contribution in [0.25, 0.3) is 0 Å². The van der Waals surface area contributed by atoms with E-state index in [0.29, 0.717) is 12.6 Å². The van der Waals surface area contributed by atoms with Gasteiger partial charge in [0.05, 0.1) is 6.04 Å². The lowest BCUT2D eigenvalue weighted by atomic mass is 10.1. The molecule has 4 heteroatoms. The normalized spacial score (nSPS) is 12.5. The Bertz CT molecular complexity index is 549. The van der Waals surface area contributed by atoms with Crippen molar-refractivity contribution in [2.75, 3.05) is 11.9 Å². The van der Waals surface area contributed by atoms with Crippen molar-refractivity contribution in [3.05, 3.63) is 45.3 Å². The summed E-state index contributed by atoms with van der Waals surface area (Å²) in [5, 5.41) is 2.11. The number of nitrogens with zero attached hydrogens (tertiary/aromatic N) is 2. The molecule has 102 valence electrons. The Morgan fingerprint density at radius 2 is 2.16 bits per heavy atom. The van der Waals surface area contributed by atoms with Crippen LogP contribution in [0.2, 0.25) is 0 Å². The second-order valence-electron chi connectivity index (χ2n) is 4.89. The number of hydrogen-bond acceptors (Lipinski definition) is 4. The van der Waals surface area contributed by atoms with Gasteiger partial charge in [-0.1, -0.05) is 6.07 Å². The molecule has 0 saturated heterocycles. The van der Waals surface area contributed by atoms with Crippen molar-refractivity contribution in [2.45, 2.75) is 33.4 Å². The van der Waals surface area contributed by atoms with Crippen LogP contribution in [0.1, 0.15) is 34.7 Å². The largest absolute Gasteiger partial charge is 0.352 e. The summed E-state index contributed by atoms with van der Waals surface area (Å²) < 4.78 is 0. The summed E-state index contributed by atoms with van der Waals surface area (Å²) in [6.07, 6.45) is 0. The number of hydrogen-bond donors (Lipinski definition) is 1. The van der Waals surface area contributed by atoms with E-state index in [9.17, 15) is 0 Å². The second kappa shape index (κ2) is 5.72. The first-order chi connectivity index (χ1) is 9.04. The number of anilines is 1. The molecular weight excluding hydrogens is 254 g/mol. The van der Waals surface area contributed by atoms with Gasteiger partial charge in [0.1, 0.15) is 5.82 Å². The Hall–Kier alpha value is -1.39. The standard InChI is InChI=1S/C15H21N3S/c1-10-8-11(2)17-15(13(10)9-16)18(4)12(3)14-6-5-7-19-14/h5-8,12H,9,16H2,1-4H3. The molecule has 2 aromatic rings. The third-order valence-corrected chi connectivity index (χ3v) is 4.57. The molecule has 2 rings (SSSR count). The predicted octanol–water partition coefficient (Wildman–Crippen LogP) is 3.42. The van der Waals surface area contributed by atoms with Crippen molar-refractivity contribution in [3.8, 4) is 0 Å². The quantitative estimate of drug-likeness (QED) is 0.929. The maximum Gasteiger partial charge on any atom is 0.133 e. The van der Waals surface area contributed by atoms with Crippen molar-refractivity contribution in [2.24, 2.45) is 5.73 Å². The number of aryl methyl sites for hydroxylation is 2. The van der Waals surface area contributed by atoms with Crippen LogP contribution < -0.4 is 10.6 Å². The van der Waals surface area contributed by atoms with Gasteiger partial charge in [0.25, 0.3) is 0 Å². The van der Waals surface area contributed by atoms with Crippen molar-refractivity contribution in [3.63, 3.8) is 0 Å². The summed E-state index contributed by atoms with van der Waals surface area (Å²) in [5.74, 6) is 1.00. The molecule has 0 fully saturated rings. The molecule has 0 bridgehead atoms. The Kier molecular flexibility index (Phi) is 4.22. The van der Waals surface area contributed by atoms with Gasteiger partial charge < -0.3 is 10.6 Å². The predicted molar refractivity (Wildman–Crippen MR) is 82.7 cm³/mol. The zero-order valence-electron chi connectivity index (χ0n) is 12.0. The molecule has 3 nitrogen and oxygen atoms in total. The molecule has 2 N–H and O–H groups in total. The van der Waals surface area contributed by atoms with Gasteiger partial charge in [0, 0.05) is 29.7 Å². The second-order valence-corrected chi connectivity index (χ2v) is 5.87. The third kappa shape index (κ3) is 2.80. The zero-order valence-corrected chi connectivity index (χ0v) is 12.8. The monoisotopic (exact) mass is 275 g/mol. The minimum atomic E-state index is 0.305. The van der Waals surface area contributed by atoms with Crippen molar-refractivity contribution in [1.29, 1.82) is 0 Å². The zero-order chi connectivity index (χ0) is 14.0. The number of pyridine rings is 1. The van der Waals surface area contributed by atoms with E-state index in [1.807, 2.05) is 6.92 Å². The summed E-state index contributed by atoms with van der Waals surface area (Å²) in [6, 6.07) is 6.65. The van der Waals surface area contributed by atoms with E-state index >= 15 is 0 Å². The minimum absolute atomic E-state index is 0.305. The fraction of sp³-hybridized carbons (Fsp3) is 0.400. The van der Waals surface area contributed by atoms with Crippen molar-refractivity contribution < 1.29 is 0 Å².